The van der Waals surface area contributed by atoms with Crippen LogP contribution in [0.15, 0.2) is 199 Å². The molecule has 4 aromatic heterocycles. The van der Waals surface area contributed by atoms with Gasteiger partial charge in [-0.25, -0.2) is 9.97 Å². The van der Waals surface area contributed by atoms with E-state index >= 15 is 0 Å². The summed E-state index contributed by atoms with van der Waals surface area (Å²) in [5.74, 6) is 0.614. The summed E-state index contributed by atoms with van der Waals surface area (Å²) in [4.78, 5) is 10.9. The lowest BCUT2D eigenvalue weighted by atomic mass is 9.94. The van der Waals surface area contributed by atoms with Crippen LogP contribution in [-0.2, 0) is 0 Å². The average molecular weight is 753 g/mol. The second-order valence-electron chi connectivity index (χ2n) is 15.3. The van der Waals surface area contributed by atoms with Gasteiger partial charge in [-0.15, -0.1) is 0 Å². The maximum Gasteiger partial charge on any atom is 0.235 e. The first-order chi connectivity index (χ1) is 29.3. The fourth-order valence-electron chi connectivity index (χ4n) is 9.50. The molecule has 0 radical (unpaired) electrons. The van der Waals surface area contributed by atoms with E-state index in [9.17, 15) is 0 Å². The Morgan fingerprint density at radius 2 is 1.02 bits per heavy atom. The van der Waals surface area contributed by atoms with E-state index in [2.05, 4.69) is 203 Å². The number of aromatic nitrogens is 4. The molecule has 274 valence electrons. The fraction of sp³-hybridized carbons (Fsp3) is 0. The van der Waals surface area contributed by atoms with Crippen molar-refractivity contribution in [3.05, 3.63) is 194 Å². The molecule has 0 saturated heterocycles. The predicted molar refractivity (Wildman–Crippen MR) is 244 cm³/mol. The largest absolute Gasteiger partial charge is 0.455 e. The number of rotatable bonds is 4. The van der Waals surface area contributed by atoms with Gasteiger partial charge in [-0.1, -0.05) is 133 Å². The quantitative estimate of drug-likeness (QED) is 0.180. The molecule has 0 saturated carbocycles. The molecule has 0 N–H and O–H groups in total. The fourth-order valence-corrected chi connectivity index (χ4v) is 9.50. The van der Waals surface area contributed by atoms with Gasteiger partial charge in [0.1, 0.15) is 11.2 Å². The number of nitrogens with zero attached hydrogens (tertiary/aromatic N) is 4. The van der Waals surface area contributed by atoms with Crippen molar-refractivity contribution in [2.24, 2.45) is 0 Å². The number of benzene rings is 9. The van der Waals surface area contributed by atoms with Crippen LogP contribution in [0.25, 0.3) is 121 Å². The molecule has 4 heterocycles. The lowest BCUT2D eigenvalue weighted by Gasteiger charge is -2.13. The molecule has 0 aliphatic rings. The SMILES string of the molecule is c1ccc(-c2cc(-c3nc(-n4c5ccccc5c5cc6c7ccccc7n(-c7ccccc7)c6cc54)nc4ccccc34)cc3oc4c5ccccc5ccc4c23)cc1. The molecule has 5 heteroatoms. The van der Waals surface area contributed by atoms with Crippen LogP contribution in [0, 0.1) is 0 Å². The van der Waals surface area contributed by atoms with Crippen molar-refractivity contribution in [2.45, 2.75) is 0 Å². The molecule has 5 nitrogen and oxygen atoms in total. The average Bonchev–Trinajstić information content (AvgIpc) is 3.95. The second-order valence-corrected chi connectivity index (χ2v) is 15.3. The van der Waals surface area contributed by atoms with Crippen LogP contribution in [0.3, 0.4) is 0 Å². The molecular formula is C54H32N4O. The molecule has 0 spiro atoms. The molecule has 0 unspecified atom stereocenters. The van der Waals surface area contributed by atoms with Gasteiger partial charge in [-0.3, -0.25) is 4.57 Å². The number of fused-ring (bicyclic) bond motifs is 12. The molecule has 0 bridgehead atoms. The predicted octanol–water partition coefficient (Wildman–Crippen LogP) is 14.2. The highest BCUT2D eigenvalue weighted by atomic mass is 16.3. The molecule has 0 fully saturated rings. The summed E-state index contributed by atoms with van der Waals surface area (Å²) in [5.41, 5.74) is 12.1. The molecule has 13 rings (SSSR count). The van der Waals surface area contributed by atoms with Crippen LogP contribution in [0.1, 0.15) is 0 Å². The summed E-state index contributed by atoms with van der Waals surface area (Å²) in [7, 11) is 0. The van der Waals surface area contributed by atoms with Gasteiger partial charge in [-0.05, 0) is 77.2 Å². The van der Waals surface area contributed by atoms with Crippen LogP contribution >= 0.6 is 0 Å². The minimum absolute atomic E-state index is 0.614. The Morgan fingerprint density at radius 1 is 0.390 bits per heavy atom. The van der Waals surface area contributed by atoms with Gasteiger partial charge < -0.3 is 8.98 Å². The van der Waals surface area contributed by atoms with Gasteiger partial charge >= 0.3 is 0 Å². The first-order valence-electron chi connectivity index (χ1n) is 20.0. The Labute approximate surface area is 337 Å². The van der Waals surface area contributed by atoms with Gasteiger partial charge in [0.2, 0.25) is 5.95 Å². The van der Waals surface area contributed by atoms with Crippen molar-refractivity contribution >= 4 is 87.2 Å². The van der Waals surface area contributed by atoms with Crippen molar-refractivity contribution in [2.75, 3.05) is 0 Å². The molecule has 0 atom stereocenters. The molecule has 0 aliphatic carbocycles. The summed E-state index contributed by atoms with van der Waals surface area (Å²) in [6.07, 6.45) is 0. The summed E-state index contributed by atoms with van der Waals surface area (Å²) >= 11 is 0. The number of hydrogen-bond acceptors (Lipinski definition) is 3. The normalized spacial score (nSPS) is 12.1. The molecular weight excluding hydrogens is 721 g/mol. The first kappa shape index (κ1) is 32.1. The minimum atomic E-state index is 0.614. The Hall–Kier alpha value is -8.02. The first-order valence-corrected chi connectivity index (χ1v) is 20.0. The smallest absolute Gasteiger partial charge is 0.235 e. The van der Waals surface area contributed by atoms with Gasteiger partial charge in [0, 0.05) is 54.3 Å². The molecule has 9 aromatic carbocycles. The number of hydrogen-bond donors (Lipinski definition) is 0. The van der Waals surface area contributed by atoms with E-state index < -0.39 is 0 Å². The summed E-state index contributed by atoms with van der Waals surface area (Å²) in [5, 5.41) is 10.2. The Bertz CT molecular complexity index is 3840. The van der Waals surface area contributed by atoms with E-state index in [0.29, 0.717) is 5.95 Å². The van der Waals surface area contributed by atoms with E-state index in [1.54, 1.807) is 0 Å². The Balaban J connectivity index is 1.12. The van der Waals surface area contributed by atoms with Crippen molar-refractivity contribution in [1.29, 1.82) is 0 Å². The molecule has 13 aromatic rings. The van der Waals surface area contributed by atoms with Gasteiger partial charge in [0.15, 0.2) is 0 Å². The standard InChI is InChI=1S/C54H32N4O/c1-3-15-33(16-4-1)42-29-35(30-50-51(42)41-28-27-34-17-7-8-20-37(34)53(41)59-50)52-40-23-9-12-24-45(40)55-54(56-52)58-47-26-14-11-22-39(47)44-31-43-38-21-10-13-25-46(38)57(48(43)32-49(44)58)36-18-5-2-6-19-36/h1-32H. The van der Waals surface area contributed by atoms with Crippen molar-refractivity contribution in [3.8, 4) is 34.0 Å². The third-order valence-electron chi connectivity index (χ3n) is 12.1. The van der Waals surface area contributed by atoms with Crippen molar-refractivity contribution < 1.29 is 4.42 Å². The zero-order chi connectivity index (χ0) is 38.6. The maximum atomic E-state index is 6.88. The highest BCUT2D eigenvalue weighted by molar-refractivity contribution is 6.21. The van der Waals surface area contributed by atoms with E-state index in [1.807, 2.05) is 0 Å². The maximum absolute atomic E-state index is 6.88. The van der Waals surface area contributed by atoms with E-state index in [-0.39, 0.29) is 0 Å². The lowest BCUT2D eigenvalue weighted by Crippen LogP contribution is -2.03. The molecule has 0 aliphatic heterocycles. The van der Waals surface area contributed by atoms with Crippen LogP contribution in [0.2, 0.25) is 0 Å². The van der Waals surface area contributed by atoms with Crippen LogP contribution < -0.4 is 0 Å². The van der Waals surface area contributed by atoms with Crippen LogP contribution in [-0.4, -0.2) is 19.1 Å². The second kappa shape index (κ2) is 12.2. The van der Waals surface area contributed by atoms with Crippen LogP contribution in [0.4, 0.5) is 0 Å². The number of furan rings is 1. The topological polar surface area (TPSA) is 48.8 Å². The van der Waals surface area contributed by atoms with E-state index in [4.69, 9.17) is 14.4 Å². The van der Waals surface area contributed by atoms with Gasteiger partial charge in [-0.2, -0.15) is 0 Å². The Morgan fingerprint density at radius 3 is 1.80 bits per heavy atom. The van der Waals surface area contributed by atoms with Crippen molar-refractivity contribution in [1.82, 2.24) is 19.1 Å². The molecule has 59 heavy (non-hydrogen) atoms. The third-order valence-corrected chi connectivity index (χ3v) is 12.1. The van der Waals surface area contributed by atoms with Gasteiger partial charge in [0.25, 0.3) is 0 Å². The van der Waals surface area contributed by atoms with Crippen LogP contribution in [0.5, 0.6) is 0 Å². The molecule has 0 amide bonds. The Kier molecular flexibility index (Phi) is 6.66. The number of para-hydroxylation sites is 4. The van der Waals surface area contributed by atoms with Gasteiger partial charge in [0.05, 0.1) is 33.3 Å². The highest BCUT2D eigenvalue weighted by Gasteiger charge is 2.23. The lowest BCUT2D eigenvalue weighted by molar-refractivity contribution is 0.673. The minimum Gasteiger partial charge on any atom is -0.455 e. The van der Waals surface area contributed by atoms with E-state index in [1.165, 1.54) is 16.3 Å². The zero-order valence-corrected chi connectivity index (χ0v) is 31.7. The summed E-state index contributed by atoms with van der Waals surface area (Å²) < 4.78 is 11.5. The van der Waals surface area contributed by atoms with E-state index in [0.717, 1.165) is 99.0 Å². The van der Waals surface area contributed by atoms with Crippen molar-refractivity contribution in [3.63, 3.8) is 0 Å². The highest BCUT2D eigenvalue weighted by Crippen LogP contribution is 2.44. The third kappa shape index (κ3) is 4.67. The monoisotopic (exact) mass is 752 g/mol. The summed E-state index contributed by atoms with van der Waals surface area (Å²) in [6, 6.07) is 68.8. The summed E-state index contributed by atoms with van der Waals surface area (Å²) in [6.45, 7) is 0. The zero-order valence-electron chi connectivity index (χ0n) is 31.7.